The first-order chi connectivity index (χ1) is 10.5. The van der Waals surface area contributed by atoms with Gasteiger partial charge in [-0.25, -0.2) is 0 Å². The second-order valence-corrected chi connectivity index (χ2v) is 8.42. The minimum atomic E-state index is -0.619. The van der Waals surface area contributed by atoms with Gasteiger partial charge in [0.15, 0.2) is 0 Å². The van der Waals surface area contributed by atoms with Crippen LogP contribution in [0, 0.1) is 10.1 Å². The van der Waals surface area contributed by atoms with Crippen LogP contribution in [0.25, 0.3) is 0 Å². The van der Waals surface area contributed by atoms with Crippen LogP contribution in [-0.4, -0.2) is 25.0 Å². The molecule has 1 fully saturated rings. The first kappa shape index (κ1) is 13.9. The molecular formula is C15H10IN2O4-. The van der Waals surface area contributed by atoms with Crippen molar-refractivity contribution >= 4 is 11.6 Å². The number of hydroxylamine groups is 2. The quantitative estimate of drug-likeness (QED) is 0.120. The Kier molecular flexibility index (Phi) is 2.94. The number of ketones is 2. The molecule has 0 aromatic heterocycles. The summed E-state index contributed by atoms with van der Waals surface area (Å²) in [4.78, 5) is 36.3. The van der Waals surface area contributed by atoms with Crippen LogP contribution in [0.4, 0.5) is 0 Å². The van der Waals surface area contributed by atoms with Crippen molar-refractivity contribution < 1.29 is 33.9 Å². The maximum atomic E-state index is 12.6. The van der Waals surface area contributed by atoms with E-state index in [1.165, 1.54) is 6.08 Å². The molecule has 6 nitrogen and oxygen atoms in total. The van der Waals surface area contributed by atoms with Crippen molar-refractivity contribution in [2.75, 3.05) is 4.55 Å². The summed E-state index contributed by atoms with van der Waals surface area (Å²) in [5.41, 5.74) is 1.40. The van der Waals surface area contributed by atoms with Gasteiger partial charge in [-0.15, -0.1) is 0 Å². The molecule has 1 aromatic carbocycles. The van der Waals surface area contributed by atoms with Crippen molar-refractivity contribution in [3.8, 4) is 0 Å². The minimum absolute atomic E-state index is 0.103. The number of hydrogen-bond donors (Lipinski definition) is 0. The summed E-state index contributed by atoms with van der Waals surface area (Å²) in [5.74, 6) is -0.495. The maximum absolute atomic E-state index is 12.6. The van der Waals surface area contributed by atoms with Gasteiger partial charge in [-0.2, -0.15) is 0 Å². The molecule has 7 heteroatoms. The molecule has 2 aliphatic carbocycles. The number of fused-ring (bicyclic) bond motifs is 1. The third-order valence-corrected chi connectivity index (χ3v) is 6.92. The number of nitroso groups, excluding NO2 is 1. The number of Topliss-reactive ketones (excluding diaryl/α,β-unsaturated/α-hetero) is 2. The number of rotatable bonds is 2. The van der Waals surface area contributed by atoms with Gasteiger partial charge < -0.3 is 0 Å². The van der Waals surface area contributed by atoms with Crippen LogP contribution in [0.3, 0.4) is 0 Å². The van der Waals surface area contributed by atoms with Crippen molar-refractivity contribution in [3.05, 3.63) is 68.4 Å². The molecule has 0 spiro atoms. The van der Waals surface area contributed by atoms with Crippen LogP contribution in [0.1, 0.15) is 27.1 Å². The van der Waals surface area contributed by atoms with Gasteiger partial charge in [0, 0.05) is 0 Å². The second-order valence-electron chi connectivity index (χ2n) is 5.42. The molecule has 2 atom stereocenters. The third kappa shape index (κ3) is 1.86. The Morgan fingerprint density at radius 2 is 1.82 bits per heavy atom. The number of alkyl halides is 1. The van der Waals surface area contributed by atoms with Crippen LogP contribution in [0.5, 0.6) is 0 Å². The fraction of sp³-hybridized carbons (Fsp3) is 0.200. The molecule has 4 rings (SSSR count). The molecule has 1 heterocycles. The van der Waals surface area contributed by atoms with E-state index < -0.39 is 30.4 Å². The average molecular weight is 409 g/mol. The molecule has 22 heavy (non-hydrogen) atoms. The predicted molar refractivity (Wildman–Crippen MR) is 72.9 cm³/mol. The molecule has 1 aliphatic heterocycles. The Balaban J connectivity index is 1.86. The van der Waals surface area contributed by atoms with Crippen molar-refractivity contribution in [3.63, 3.8) is 0 Å². The van der Waals surface area contributed by atoms with Gasteiger partial charge in [-0.1, -0.05) is 0 Å². The van der Waals surface area contributed by atoms with E-state index in [2.05, 4.69) is 5.18 Å². The first-order valence-electron chi connectivity index (χ1n) is 6.71. The van der Waals surface area contributed by atoms with Gasteiger partial charge in [-0.05, 0) is 0 Å². The molecule has 0 radical (unpaired) electrons. The van der Waals surface area contributed by atoms with Gasteiger partial charge >= 0.3 is 136 Å². The summed E-state index contributed by atoms with van der Waals surface area (Å²) in [6.45, 7) is 0. The predicted octanol–water partition coefficient (Wildman–Crippen LogP) is -0.925. The second kappa shape index (κ2) is 4.64. The number of halogens is 1. The normalized spacial score (nSPS) is 30.0. The summed E-state index contributed by atoms with van der Waals surface area (Å²) in [5, 5.41) is 15.3. The van der Waals surface area contributed by atoms with E-state index in [-0.39, 0.29) is 29.3 Å². The molecule has 3 aliphatic rings. The SMILES string of the molecule is O=NC1=CC2=C(CC1[N+]1([O-])C[I-]1)C(=O)c1ccccc1C2=O. The Hall–Kier alpha value is -1.71. The van der Waals surface area contributed by atoms with Gasteiger partial charge in [0.25, 0.3) is 0 Å². The monoisotopic (exact) mass is 409 g/mol. The number of nitrogens with zero attached hydrogens (tertiary/aromatic N) is 2. The van der Waals surface area contributed by atoms with E-state index in [4.69, 9.17) is 0 Å². The van der Waals surface area contributed by atoms with Crippen molar-refractivity contribution in [1.29, 1.82) is 0 Å². The van der Waals surface area contributed by atoms with Crippen LogP contribution in [-0.2, 0) is 0 Å². The van der Waals surface area contributed by atoms with E-state index in [0.29, 0.717) is 21.3 Å². The first-order valence-corrected chi connectivity index (χ1v) is 9.20. The number of quaternary nitrogens is 1. The molecule has 2 unspecified atom stereocenters. The topological polar surface area (TPSA) is 86.6 Å². The van der Waals surface area contributed by atoms with Crippen LogP contribution in [0.2, 0.25) is 0 Å². The Morgan fingerprint density at radius 3 is 2.41 bits per heavy atom. The van der Waals surface area contributed by atoms with E-state index in [9.17, 15) is 19.7 Å². The average Bonchev–Trinajstić information content (AvgIpc) is 3.30. The summed E-state index contributed by atoms with van der Waals surface area (Å²) >= 11 is -0.550. The third-order valence-electron chi connectivity index (χ3n) is 4.22. The van der Waals surface area contributed by atoms with Gasteiger partial charge in [0.05, 0.1) is 0 Å². The molecule has 1 saturated heterocycles. The van der Waals surface area contributed by atoms with E-state index in [0.717, 1.165) is 0 Å². The van der Waals surface area contributed by atoms with Gasteiger partial charge in [0.1, 0.15) is 0 Å². The van der Waals surface area contributed by atoms with E-state index in [1.54, 1.807) is 24.3 Å². The molecule has 0 bridgehead atoms. The molecular weight excluding hydrogens is 399 g/mol. The van der Waals surface area contributed by atoms with Gasteiger partial charge in [0.2, 0.25) is 0 Å². The van der Waals surface area contributed by atoms with Crippen LogP contribution < -0.4 is 21.5 Å². The Labute approximate surface area is 136 Å². The van der Waals surface area contributed by atoms with Crippen LogP contribution >= 0.6 is 0 Å². The number of carbonyl (C=O) groups excluding carboxylic acids is 2. The summed E-state index contributed by atoms with van der Waals surface area (Å²) in [6, 6.07) is 6.01. The fourth-order valence-electron chi connectivity index (χ4n) is 2.98. The standard InChI is InChI=1S/C15H10IN2O4/c19-14-8-3-1-2-4-9(8)15(20)11-6-13(18(22)7-16-18)12(17-21)5-10(11)14/h1-5,13H,6-7H2/q-1. The summed E-state index contributed by atoms with van der Waals surface area (Å²) < 4.78 is 0.105. The van der Waals surface area contributed by atoms with Crippen molar-refractivity contribution in [2.45, 2.75) is 12.5 Å². The Bertz CT molecular complexity index is 808. The number of benzene rings is 1. The van der Waals surface area contributed by atoms with E-state index >= 15 is 0 Å². The number of hydrogen-bond acceptors (Lipinski definition) is 5. The molecule has 0 amide bonds. The van der Waals surface area contributed by atoms with Gasteiger partial charge in [-0.3, -0.25) is 0 Å². The number of allylic oxidation sites excluding steroid dienone is 2. The summed E-state index contributed by atoms with van der Waals surface area (Å²) in [7, 11) is 0. The molecule has 0 saturated carbocycles. The zero-order valence-electron chi connectivity index (χ0n) is 11.3. The molecule has 1 aromatic rings. The molecule has 112 valence electrons. The van der Waals surface area contributed by atoms with Crippen molar-refractivity contribution in [2.24, 2.45) is 5.18 Å². The van der Waals surface area contributed by atoms with Crippen LogP contribution in [0.15, 0.2) is 52.4 Å². The summed E-state index contributed by atoms with van der Waals surface area (Å²) in [6.07, 6.45) is 1.49. The fourth-order valence-corrected chi connectivity index (χ4v) is 4.72. The zero-order valence-corrected chi connectivity index (χ0v) is 13.4. The zero-order chi connectivity index (χ0) is 15.5. The van der Waals surface area contributed by atoms with E-state index in [1.807, 2.05) is 0 Å². The molecule has 0 N–H and O–H groups in total. The van der Waals surface area contributed by atoms with Crippen molar-refractivity contribution in [1.82, 2.24) is 0 Å². The number of carbonyl (C=O) groups is 2. The Morgan fingerprint density at radius 1 is 1.18 bits per heavy atom.